The van der Waals surface area contributed by atoms with Crippen molar-refractivity contribution in [1.29, 1.82) is 0 Å². The van der Waals surface area contributed by atoms with E-state index in [1.807, 2.05) is 29.0 Å². The summed E-state index contributed by atoms with van der Waals surface area (Å²) < 4.78 is 7.09. The number of rotatable bonds is 5. The van der Waals surface area contributed by atoms with Gasteiger partial charge in [-0.1, -0.05) is 0 Å². The Kier molecular flexibility index (Phi) is 4.63. The lowest BCUT2D eigenvalue weighted by Gasteiger charge is -2.32. The minimum absolute atomic E-state index is 0.0242. The van der Waals surface area contributed by atoms with Crippen LogP contribution in [-0.2, 0) is 11.3 Å². The number of aromatic nitrogens is 4. The number of imidazole rings is 1. The summed E-state index contributed by atoms with van der Waals surface area (Å²) in [6.45, 7) is 2.02. The lowest BCUT2D eigenvalue weighted by Crippen LogP contribution is -2.40. The van der Waals surface area contributed by atoms with Crippen LogP contribution in [0.5, 0.6) is 0 Å². The highest BCUT2D eigenvalue weighted by atomic mass is 16.3. The first-order valence-electron chi connectivity index (χ1n) is 8.65. The molecule has 1 aliphatic rings. The van der Waals surface area contributed by atoms with Gasteiger partial charge in [0.25, 0.3) is 0 Å². The van der Waals surface area contributed by atoms with Crippen molar-refractivity contribution in [2.45, 2.75) is 19.4 Å². The molecule has 3 aromatic rings. The van der Waals surface area contributed by atoms with E-state index in [0.29, 0.717) is 6.54 Å². The van der Waals surface area contributed by atoms with Crippen LogP contribution < -0.4 is 10.2 Å². The predicted octanol–water partition coefficient (Wildman–Crippen LogP) is 1.79. The van der Waals surface area contributed by atoms with Crippen LogP contribution in [0, 0.1) is 5.92 Å². The third-order valence-electron chi connectivity index (χ3n) is 4.61. The standard InChI is InChI=1S/C18H20N6O2/c25-18(20-11-15-2-1-9-26-15)14-3-6-23(7-4-14)16-10-17(22-12-21-16)24-8-5-19-13-24/h1-2,5,8-10,12-14H,3-4,6-7,11H2,(H,20,25). The quantitative estimate of drug-likeness (QED) is 0.753. The summed E-state index contributed by atoms with van der Waals surface area (Å²) in [5.74, 6) is 2.53. The number of hydrogen-bond donors (Lipinski definition) is 1. The van der Waals surface area contributed by atoms with E-state index in [1.54, 1.807) is 25.1 Å². The molecule has 134 valence electrons. The molecule has 1 fully saturated rings. The van der Waals surface area contributed by atoms with Gasteiger partial charge in [-0.2, -0.15) is 0 Å². The van der Waals surface area contributed by atoms with Crippen LogP contribution in [0.4, 0.5) is 5.82 Å². The van der Waals surface area contributed by atoms with Crippen molar-refractivity contribution < 1.29 is 9.21 Å². The minimum Gasteiger partial charge on any atom is -0.467 e. The van der Waals surface area contributed by atoms with Crippen molar-refractivity contribution in [2.75, 3.05) is 18.0 Å². The number of anilines is 1. The molecule has 4 rings (SSSR count). The Morgan fingerprint density at radius 1 is 1.27 bits per heavy atom. The van der Waals surface area contributed by atoms with Gasteiger partial charge in [-0.3, -0.25) is 9.36 Å². The van der Waals surface area contributed by atoms with Gasteiger partial charge in [0.1, 0.15) is 30.1 Å². The second kappa shape index (κ2) is 7.38. The van der Waals surface area contributed by atoms with Gasteiger partial charge >= 0.3 is 0 Å². The van der Waals surface area contributed by atoms with Crippen molar-refractivity contribution in [2.24, 2.45) is 5.92 Å². The molecule has 3 aromatic heterocycles. The van der Waals surface area contributed by atoms with Crippen molar-refractivity contribution >= 4 is 11.7 Å². The van der Waals surface area contributed by atoms with E-state index in [-0.39, 0.29) is 11.8 Å². The van der Waals surface area contributed by atoms with Gasteiger partial charge in [0.2, 0.25) is 5.91 Å². The fourth-order valence-electron chi connectivity index (χ4n) is 3.15. The number of nitrogens with zero attached hydrogens (tertiary/aromatic N) is 5. The Hall–Kier alpha value is -3.16. The average molecular weight is 352 g/mol. The lowest BCUT2D eigenvalue weighted by molar-refractivity contribution is -0.125. The molecule has 0 radical (unpaired) electrons. The van der Waals surface area contributed by atoms with Crippen LogP contribution in [0.25, 0.3) is 5.82 Å². The maximum atomic E-state index is 12.3. The molecule has 0 unspecified atom stereocenters. The summed E-state index contributed by atoms with van der Waals surface area (Å²) in [6, 6.07) is 5.62. The Morgan fingerprint density at radius 3 is 2.85 bits per heavy atom. The van der Waals surface area contributed by atoms with Crippen molar-refractivity contribution in [1.82, 2.24) is 24.8 Å². The number of piperidine rings is 1. The molecule has 8 heteroatoms. The van der Waals surface area contributed by atoms with E-state index in [1.165, 1.54) is 0 Å². The summed E-state index contributed by atoms with van der Waals surface area (Å²) in [6.07, 6.45) is 10.0. The van der Waals surface area contributed by atoms with Gasteiger partial charge in [0.05, 0.1) is 12.8 Å². The first-order valence-corrected chi connectivity index (χ1v) is 8.65. The van der Waals surface area contributed by atoms with E-state index < -0.39 is 0 Å². The Morgan fingerprint density at radius 2 is 2.12 bits per heavy atom. The molecule has 0 aromatic carbocycles. The van der Waals surface area contributed by atoms with E-state index >= 15 is 0 Å². The number of carbonyl (C=O) groups excluding carboxylic acids is 1. The normalized spacial score (nSPS) is 15.2. The van der Waals surface area contributed by atoms with Crippen molar-refractivity contribution in [3.63, 3.8) is 0 Å². The van der Waals surface area contributed by atoms with Crippen LogP contribution >= 0.6 is 0 Å². The summed E-state index contributed by atoms with van der Waals surface area (Å²) >= 11 is 0. The molecule has 0 spiro atoms. The second-order valence-corrected chi connectivity index (χ2v) is 6.26. The molecule has 0 atom stereocenters. The molecular formula is C18H20N6O2. The van der Waals surface area contributed by atoms with Gasteiger partial charge in [-0.25, -0.2) is 15.0 Å². The third kappa shape index (κ3) is 3.58. The van der Waals surface area contributed by atoms with Crippen LogP contribution in [0.3, 0.4) is 0 Å². The van der Waals surface area contributed by atoms with Gasteiger partial charge in [0.15, 0.2) is 0 Å². The maximum Gasteiger partial charge on any atom is 0.223 e. The largest absolute Gasteiger partial charge is 0.467 e. The van der Waals surface area contributed by atoms with Gasteiger partial charge < -0.3 is 14.6 Å². The molecular weight excluding hydrogens is 332 g/mol. The lowest BCUT2D eigenvalue weighted by atomic mass is 9.96. The van der Waals surface area contributed by atoms with Gasteiger partial charge in [0, 0.05) is 37.5 Å². The van der Waals surface area contributed by atoms with Crippen molar-refractivity contribution in [3.8, 4) is 5.82 Å². The highest BCUT2D eigenvalue weighted by Gasteiger charge is 2.25. The average Bonchev–Trinajstić information content (AvgIpc) is 3.40. The highest BCUT2D eigenvalue weighted by molar-refractivity contribution is 5.78. The van der Waals surface area contributed by atoms with E-state index in [4.69, 9.17) is 4.42 Å². The third-order valence-corrected chi connectivity index (χ3v) is 4.61. The summed E-state index contributed by atoms with van der Waals surface area (Å²) in [4.78, 5) is 27.2. The van der Waals surface area contributed by atoms with Crippen LogP contribution in [0.1, 0.15) is 18.6 Å². The zero-order chi connectivity index (χ0) is 17.8. The monoisotopic (exact) mass is 352 g/mol. The SMILES string of the molecule is O=C(NCc1ccco1)C1CCN(c2cc(-n3ccnc3)ncn2)CC1. The molecule has 0 aliphatic carbocycles. The molecule has 1 N–H and O–H groups in total. The first kappa shape index (κ1) is 16.3. The molecule has 0 saturated carbocycles. The Bertz CT molecular complexity index is 838. The fraction of sp³-hybridized carbons (Fsp3) is 0.333. The van der Waals surface area contributed by atoms with Crippen LogP contribution in [0.15, 0.2) is 53.9 Å². The summed E-state index contributed by atoms with van der Waals surface area (Å²) in [7, 11) is 0. The van der Waals surface area contributed by atoms with E-state index in [9.17, 15) is 4.79 Å². The van der Waals surface area contributed by atoms with Crippen LogP contribution in [0.2, 0.25) is 0 Å². The van der Waals surface area contributed by atoms with Gasteiger partial charge in [-0.05, 0) is 25.0 Å². The molecule has 1 saturated heterocycles. The number of nitrogens with one attached hydrogen (secondary N) is 1. The van der Waals surface area contributed by atoms with E-state index in [0.717, 1.165) is 43.3 Å². The fourth-order valence-corrected chi connectivity index (χ4v) is 3.15. The zero-order valence-corrected chi connectivity index (χ0v) is 14.3. The first-order chi connectivity index (χ1) is 12.8. The molecule has 0 bridgehead atoms. The number of furan rings is 1. The van der Waals surface area contributed by atoms with Crippen LogP contribution in [-0.4, -0.2) is 38.5 Å². The molecule has 4 heterocycles. The Labute approximate surface area is 150 Å². The molecule has 26 heavy (non-hydrogen) atoms. The number of carbonyl (C=O) groups is 1. The number of amides is 1. The minimum atomic E-state index is 0.0242. The predicted molar refractivity (Wildman–Crippen MR) is 94.6 cm³/mol. The van der Waals surface area contributed by atoms with Crippen molar-refractivity contribution in [3.05, 3.63) is 55.3 Å². The molecule has 8 nitrogen and oxygen atoms in total. The molecule has 1 aliphatic heterocycles. The van der Waals surface area contributed by atoms with E-state index in [2.05, 4.69) is 25.2 Å². The van der Waals surface area contributed by atoms with Gasteiger partial charge in [-0.15, -0.1) is 0 Å². The number of hydrogen-bond acceptors (Lipinski definition) is 6. The summed E-state index contributed by atoms with van der Waals surface area (Å²) in [5.41, 5.74) is 0. The topological polar surface area (TPSA) is 89.1 Å². The smallest absolute Gasteiger partial charge is 0.223 e. The summed E-state index contributed by atoms with van der Waals surface area (Å²) in [5, 5.41) is 2.95. The molecule has 1 amide bonds. The zero-order valence-electron chi connectivity index (χ0n) is 14.3. The maximum absolute atomic E-state index is 12.3. The second-order valence-electron chi connectivity index (χ2n) is 6.26. The highest BCUT2D eigenvalue weighted by Crippen LogP contribution is 2.23. The Balaban J connectivity index is 1.33.